The Morgan fingerprint density at radius 3 is 2.20 bits per heavy atom. The first-order valence-electron chi connectivity index (χ1n) is 11.4. The normalized spacial score (nSPS) is 11.8. The minimum Gasteiger partial charge on any atom is -0.460 e. The number of ether oxygens (including phenoxy) is 2. The molecule has 9 nitrogen and oxygen atoms in total. The second kappa shape index (κ2) is 9.77. The van der Waals surface area contributed by atoms with E-state index in [0.717, 1.165) is 0 Å². The number of nitrogens with two attached hydrogens (primary N) is 1. The SMILES string of the molecule is CC(C)(C)OC(=O)CCNC(=O)c1ccc(-c2nc3c(C(=O)OC(C)(C)C)cccn3c2N)cc1. The first-order valence-corrected chi connectivity index (χ1v) is 11.4. The number of hydrogen-bond donors (Lipinski definition) is 2. The highest BCUT2D eigenvalue weighted by Gasteiger charge is 2.23. The molecule has 0 unspecified atom stereocenters. The van der Waals surface area contributed by atoms with E-state index in [1.54, 1.807) is 88.5 Å². The first-order chi connectivity index (χ1) is 16.2. The summed E-state index contributed by atoms with van der Waals surface area (Å²) in [5, 5.41) is 2.71. The van der Waals surface area contributed by atoms with Gasteiger partial charge in [-0.05, 0) is 65.8 Å². The summed E-state index contributed by atoms with van der Waals surface area (Å²) in [4.78, 5) is 41.5. The van der Waals surface area contributed by atoms with E-state index >= 15 is 0 Å². The van der Waals surface area contributed by atoms with Crippen molar-refractivity contribution in [2.45, 2.75) is 59.2 Å². The fourth-order valence-corrected chi connectivity index (χ4v) is 3.34. The number of benzene rings is 1. The van der Waals surface area contributed by atoms with E-state index in [1.807, 2.05) is 0 Å². The third-order valence-corrected chi connectivity index (χ3v) is 4.76. The predicted molar refractivity (Wildman–Crippen MR) is 133 cm³/mol. The molecule has 0 spiro atoms. The number of hydrogen-bond acceptors (Lipinski definition) is 7. The molecule has 35 heavy (non-hydrogen) atoms. The average Bonchev–Trinajstić information content (AvgIpc) is 3.08. The maximum Gasteiger partial charge on any atom is 0.342 e. The molecule has 2 heterocycles. The van der Waals surface area contributed by atoms with Crippen LogP contribution in [0, 0.1) is 0 Å². The summed E-state index contributed by atoms with van der Waals surface area (Å²) in [5.74, 6) is -0.811. The Morgan fingerprint density at radius 2 is 1.60 bits per heavy atom. The van der Waals surface area contributed by atoms with E-state index in [9.17, 15) is 14.4 Å². The molecule has 1 amide bonds. The third-order valence-electron chi connectivity index (χ3n) is 4.76. The Balaban J connectivity index is 1.75. The smallest absolute Gasteiger partial charge is 0.342 e. The number of aromatic nitrogens is 2. The zero-order valence-corrected chi connectivity index (χ0v) is 21.0. The molecule has 1 aromatic carbocycles. The zero-order chi connectivity index (χ0) is 26.0. The molecule has 3 aromatic rings. The molecule has 0 fully saturated rings. The van der Waals surface area contributed by atoms with E-state index < -0.39 is 17.2 Å². The standard InChI is InChI=1S/C26H32N4O5/c1-25(2,3)34-19(31)13-14-28-23(32)17-11-9-16(10-12-17)20-21(27)30-15-7-8-18(22(30)29-20)24(33)35-26(4,5)6/h7-12,15H,13-14,27H2,1-6H3,(H,28,32). The molecule has 3 rings (SSSR count). The fourth-order valence-electron chi connectivity index (χ4n) is 3.34. The minimum atomic E-state index is -0.645. The number of fused-ring (bicyclic) bond motifs is 1. The van der Waals surface area contributed by atoms with Crippen LogP contribution in [0.1, 0.15) is 68.7 Å². The minimum absolute atomic E-state index is 0.0822. The van der Waals surface area contributed by atoms with E-state index in [0.29, 0.717) is 33.8 Å². The Labute approximate surface area is 204 Å². The van der Waals surface area contributed by atoms with Crippen LogP contribution in [0.2, 0.25) is 0 Å². The monoisotopic (exact) mass is 480 g/mol. The van der Waals surface area contributed by atoms with Crippen LogP contribution in [-0.2, 0) is 14.3 Å². The summed E-state index contributed by atoms with van der Waals surface area (Å²) in [6, 6.07) is 10.1. The molecule has 186 valence electrons. The Morgan fingerprint density at radius 1 is 0.971 bits per heavy atom. The van der Waals surface area contributed by atoms with Gasteiger partial charge in [-0.2, -0.15) is 0 Å². The van der Waals surface area contributed by atoms with Crippen molar-refractivity contribution in [3.05, 3.63) is 53.7 Å². The van der Waals surface area contributed by atoms with Crippen LogP contribution in [0.4, 0.5) is 5.82 Å². The number of carbonyl (C=O) groups is 3. The number of esters is 2. The molecule has 9 heteroatoms. The lowest BCUT2D eigenvalue weighted by Crippen LogP contribution is -2.29. The van der Waals surface area contributed by atoms with Gasteiger partial charge in [-0.15, -0.1) is 0 Å². The zero-order valence-electron chi connectivity index (χ0n) is 21.0. The molecular formula is C26H32N4O5. The average molecular weight is 481 g/mol. The number of anilines is 1. The third kappa shape index (κ3) is 6.59. The lowest BCUT2D eigenvalue weighted by Gasteiger charge is -2.19. The topological polar surface area (TPSA) is 125 Å². The van der Waals surface area contributed by atoms with Crippen LogP contribution >= 0.6 is 0 Å². The highest BCUT2D eigenvalue weighted by Crippen LogP contribution is 2.28. The van der Waals surface area contributed by atoms with Gasteiger partial charge in [0.15, 0.2) is 5.65 Å². The van der Waals surface area contributed by atoms with Gasteiger partial charge in [0.05, 0.1) is 6.42 Å². The van der Waals surface area contributed by atoms with Crippen molar-refractivity contribution < 1.29 is 23.9 Å². The molecule has 0 aliphatic carbocycles. The number of amides is 1. The lowest BCUT2D eigenvalue weighted by molar-refractivity contribution is -0.154. The van der Waals surface area contributed by atoms with Crippen LogP contribution < -0.4 is 11.1 Å². The van der Waals surface area contributed by atoms with Crippen LogP contribution in [0.15, 0.2) is 42.6 Å². The van der Waals surface area contributed by atoms with E-state index in [1.165, 1.54) is 0 Å². The number of rotatable bonds is 6. The van der Waals surface area contributed by atoms with Gasteiger partial charge < -0.3 is 20.5 Å². The van der Waals surface area contributed by atoms with Gasteiger partial charge in [0.1, 0.15) is 28.3 Å². The predicted octanol–water partition coefficient (Wildman–Crippen LogP) is 4.00. The highest BCUT2D eigenvalue weighted by molar-refractivity contribution is 5.98. The maximum absolute atomic E-state index is 12.7. The molecular weight excluding hydrogens is 448 g/mol. The Bertz CT molecular complexity index is 1250. The molecule has 0 bridgehead atoms. The number of pyridine rings is 1. The number of carbonyl (C=O) groups excluding carboxylic acids is 3. The van der Waals surface area contributed by atoms with Crippen LogP contribution in [0.3, 0.4) is 0 Å². The molecule has 3 N–H and O–H groups in total. The number of nitrogens with one attached hydrogen (secondary N) is 1. The summed E-state index contributed by atoms with van der Waals surface area (Å²) in [7, 11) is 0. The van der Waals surface area contributed by atoms with E-state index in [-0.39, 0.29) is 24.8 Å². The summed E-state index contributed by atoms with van der Waals surface area (Å²) < 4.78 is 12.4. The fraction of sp³-hybridized carbons (Fsp3) is 0.385. The largest absolute Gasteiger partial charge is 0.460 e. The quantitative estimate of drug-likeness (QED) is 0.511. The summed E-state index contributed by atoms with van der Waals surface area (Å²) in [5.41, 5.74) is 7.41. The molecule has 0 atom stereocenters. The lowest BCUT2D eigenvalue weighted by atomic mass is 10.1. The molecule has 0 aliphatic heterocycles. The number of nitrogens with zero attached hydrogens (tertiary/aromatic N) is 2. The molecule has 2 aromatic heterocycles. The van der Waals surface area contributed by atoms with Crippen LogP contribution in [-0.4, -0.2) is 45.0 Å². The van der Waals surface area contributed by atoms with Crippen molar-refractivity contribution in [3.8, 4) is 11.3 Å². The Hall–Kier alpha value is -3.88. The highest BCUT2D eigenvalue weighted by atomic mass is 16.6. The van der Waals surface area contributed by atoms with Crippen LogP contribution in [0.25, 0.3) is 16.9 Å². The van der Waals surface area contributed by atoms with Crippen molar-refractivity contribution in [1.82, 2.24) is 14.7 Å². The summed E-state index contributed by atoms with van der Waals surface area (Å²) in [6.07, 6.45) is 1.81. The van der Waals surface area contributed by atoms with E-state index in [4.69, 9.17) is 15.2 Å². The van der Waals surface area contributed by atoms with Gasteiger partial charge in [0.2, 0.25) is 0 Å². The summed E-state index contributed by atoms with van der Waals surface area (Å²) >= 11 is 0. The van der Waals surface area contributed by atoms with Gasteiger partial charge >= 0.3 is 11.9 Å². The van der Waals surface area contributed by atoms with Crippen molar-refractivity contribution in [3.63, 3.8) is 0 Å². The number of nitrogen functional groups attached to an aromatic ring is 1. The summed E-state index contributed by atoms with van der Waals surface area (Å²) in [6.45, 7) is 10.9. The molecule has 0 aliphatic rings. The second-order valence-electron chi connectivity index (χ2n) is 10.1. The molecule has 0 saturated heterocycles. The van der Waals surface area contributed by atoms with Crippen molar-refractivity contribution in [2.75, 3.05) is 12.3 Å². The van der Waals surface area contributed by atoms with Gasteiger partial charge in [0.25, 0.3) is 5.91 Å². The van der Waals surface area contributed by atoms with Crippen molar-refractivity contribution >= 4 is 29.3 Å². The maximum atomic E-state index is 12.7. The van der Waals surface area contributed by atoms with Gasteiger partial charge in [-0.25, -0.2) is 9.78 Å². The van der Waals surface area contributed by atoms with Gasteiger partial charge in [-0.1, -0.05) is 12.1 Å². The number of imidazole rings is 1. The Kier molecular flexibility index (Phi) is 7.19. The second-order valence-corrected chi connectivity index (χ2v) is 10.1. The molecule has 0 saturated carbocycles. The van der Waals surface area contributed by atoms with Crippen LogP contribution in [0.5, 0.6) is 0 Å². The van der Waals surface area contributed by atoms with Crippen molar-refractivity contribution in [1.29, 1.82) is 0 Å². The van der Waals surface area contributed by atoms with Gasteiger partial charge in [0, 0.05) is 23.9 Å². The van der Waals surface area contributed by atoms with Crippen molar-refractivity contribution in [2.24, 2.45) is 0 Å². The first kappa shape index (κ1) is 25.7. The molecule has 0 radical (unpaired) electrons. The van der Waals surface area contributed by atoms with E-state index in [2.05, 4.69) is 10.3 Å². The van der Waals surface area contributed by atoms with Gasteiger partial charge in [-0.3, -0.25) is 14.0 Å².